The van der Waals surface area contributed by atoms with E-state index in [4.69, 9.17) is 27.6 Å². The third kappa shape index (κ3) is 5.31. The molecule has 152 valence electrons. The minimum Gasteiger partial charge on any atom is -0.493 e. The fourth-order valence-electron chi connectivity index (χ4n) is 3.04. The van der Waals surface area contributed by atoms with Crippen molar-refractivity contribution >= 4 is 28.9 Å². The van der Waals surface area contributed by atoms with Crippen LogP contribution in [0, 0.1) is 20.4 Å². The number of amides is 1. The molecular formula is C24H21ClN2O3. The fourth-order valence-corrected chi connectivity index (χ4v) is 3.26. The van der Waals surface area contributed by atoms with Crippen molar-refractivity contribution < 1.29 is 14.3 Å². The Kier molecular flexibility index (Phi) is 6.61. The Bertz CT molecular complexity index is 1140. The molecule has 0 fully saturated rings. The Morgan fingerprint density at radius 3 is 2.57 bits per heavy atom. The van der Waals surface area contributed by atoms with Crippen molar-refractivity contribution in [3.05, 3.63) is 87.7 Å². The van der Waals surface area contributed by atoms with Crippen molar-refractivity contribution in [1.29, 1.82) is 0 Å². The standard InChI is InChI=1S/C24H21ClN2O3/c1-15-5-7-21(16(2)9-15)27-24(28)11-17-6-8-22(29-4)23(10-17)30-20-13-18(25)12-19(14-20)26-3/h5-10,12-14H,11H2,1-2,4H3,(H,27,28). The number of nitrogens with zero attached hydrogens (tertiary/aromatic N) is 1. The minimum absolute atomic E-state index is 0.129. The molecule has 1 amide bonds. The van der Waals surface area contributed by atoms with Crippen LogP contribution in [0.4, 0.5) is 11.4 Å². The van der Waals surface area contributed by atoms with E-state index in [9.17, 15) is 4.79 Å². The second-order valence-corrected chi connectivity index (χ2v) is 7.32. The van der Waals surface area contributed by atoms with E-state index in [0.717, 1.165) is 22.4 Å². The number of carbonyl (C=O) groups is 1. The number of aryl methyl sites for hydroxylation is 2. The Morgan fingerprint density at radius 1 is 1.07 bits per heavy atom. The van der Waals surface area contributed by atoms with E-state index < -0.39 is 0 Å². The van der Waals surface area contributed by atoms with E-state index in [1.54, 1.807) is 30.3 Å². The molecule has 0 heterocycles. The third-order valence-electron chi connectivity index (χ3n) is 4.46. The van der Waals surface area contributed by atoms with Gasteiger partial charge >= 0.3 is 0 Å². The number of halogens is 1. The molecule has 0 saturated heterocycles. The highest BCUT2D eigenvalue weighted by Gasteiger charge is 2.12. The van der Waals surface area contributed by atoms with E-state index in [0.29, 0.717) is 28.0 Å². The number of hydrogen-bond acceptors (Lipinski definition) is 3. The predicted molar refractivity (Wildman–Crippen MR) is 119 cm³/mol. The van der Waals surface area contributed by atoms with Gasteiger partial charge in [-0.15, -0.1) is 0 Å². The molecule has 0 bridgehead atoms. The zero-order valence-corrected chi connectivity index (χ0v) is 17.7. The SMILES string of the molecule is [C-]#[N+]c1cc(Cl)cc(Oc2cc(CC(=O)Nc3ccc(C)cc3C)ccc2OC)c1. The number of carbonyl (C=O) groups excluding carboxylic acids is 1. The number of rotatable bonds is 6. The maximum atomic E-state index is 12.5. The van der Waals surface area contributed by atoms with Crippen LogP contribution in [0.15, 0.2) is 54.6 Å². The number of methoxy groups -OCH3 is 1. The van der Waals surface area contributed by atoms with E-state index in [1.807, 2.05) is 38.1 Å². The van der Waals surface area contributed by atoms with Crippen molar-refractivity contribution in [2.45, 2.75) is 20.3 Å². The van der Waals surface area contributed by atoms with Crippen molar-refractivity contribution in [1.82, 2.24) is 0 Å². The van der Waals surface area contributed by atoms with Gasteiger partial charge in [0.1, 0.15) is 5.75 Å². The average Bonchev–Trinajstić information content (AvgIpc) is 2.70. The van der Waals surface area contributed by atoms with Gasteiger partial charge in [-0.1, -0.05) is 35.4 Å². The number of ether oxygens (including phenoxy) is 2. The first kappa shape index (κ1) is 21.2. The minimum atomic E-state index is -0.129. The molecule has 0 unspecified atom stereocenters. The van der Waals surface area contributed by atoms with Crippen molar-refractivity contribution in [3.63, 3.8) is 0 Å². The van der Waals surface area contributed by atoms with E-state index in [1.165, 1.54) is 7.11 Å². The van der Waals surface area contributed by atoms with Crippen LogP contribution in [-0.4, -0.2) is 13.0 Å². The van der Waals surface area contributed by atoms with Crippen LogP contribution in [0.1, 0.15) is 16.7 Å². The summed E-state index contributed by atoms with van der Waals surface area (Å²) in [6.45, 7) is 11.1. The highest BCUT2D eigenvalue weighted by molar-refractivity contribution is 6.31. The van der Waals surface area contributed by atoms with Gasteiger partial charge in [0.05, 0.1) is 20.1 Å². The lowest BCUT2D eigenvalue weighted by molar-refractivity contribution is -0.115. The molecule has 0 spiro atoms. The predicted octanol–water partition coefficient (Wildman–Crippen LogP) is 6.49. The van der Waals surface area contributed by atoms with E-state index in [-0.39, 0.29) is 12.3 Å². The molecule has 30 heavy (non-hydrogen) atoms. The molecule has 0 aliphatic carbocycles. The molecule has 5 nitrogen and oxygen atoms in total. The Labute approximate surface area is 181 Å². The van der Waals surface area contributed by atoms with Crippen LogP contribution in [-0.2, 0) is 11.2 Å². The topological polar surface area (TPSA) is 51.9 Å². The van der Waals surface area contributed by atoms with Gasteiger partial charge in [0.2, 0.25) is 5.91 Å². The molecule has 0 atom stereocenters. The van der Waals surface area contributed by atoms with Gasteiger partial charge in [-0.3, -0.25) is 4.79 Å². The van der Waals surface area contributed by atoms with Gasteiger partial charge in [-0.25, -0.2) is 4.85 Å². The van der Waals surface area contributed by atoms with Crippen LogP contribution in [0.5, 0.6) is 17.2 Å². The number of hydrogen-bond donors (Lipinski definition) is 1. The van der Waals surface area contributed by atoms with Crippen LogP contribution >= 0.6 is 11.6 Å². The first-order chi connectivity index (χ1) is 14.4. The molecule has 0 aliphatic rings. The molecule has 0 aromatic heterocycles. The monoisotopic (exact) mass is 420 g/mol. The van der Waals surface area contributed by atoms with Crippen molar-refractivity contribution in [2.75, 3.05) is 12.4 Å². The third-order valence-corrected chi connectivity index (χ3v) is 4.68. The average molecular weight is 421 g/mol. The number of nitrogens with one attached hydrogen (secondary N) is 1. The Balaban J connectivity index is 1.79. The zero-order chi connectivity index (χ0) is 21.7. The molecule has 0 aliphatic heterocycles. The summed E-state index contributed by atoms with van der Waals surface area (Å²) < 4.78 is 11.3. The van der Waals surface area contributed by atoms with Gasteiger partial charge in [0.25, 0.3) is 0 Å². The van der Waals surface area contributed by atoms with E-state index >= 15 is 0 Å². The summed E-state index contributed by atoms with van der Waals surface area (Å²) in [6.07, 6.45) is 0.177. The first-order valence-electron chi connectivity index (χ1n) is 9.28. The van der Waals surface area contributed by atoms with Gasteiger partial charge in [-0.05, 0) is 61.4 Å². The summed E-state index contributed by atoms with van der Waals surface area (Å²) in [5.74, 6) is 1.24. The molecule has 3 rings (SSSR count). The maximum absolute atomic E-state index is 12.5. The molecule has 3 aromatic carbocycles. The number of benzene rings is 3. The van der Waals surface area contributed by atoms with Gasteiger partial charge in [0.15, 0.2) is 17.2 Å². The van der Waals surface area contributed by atoms with Crippen LogP contribution in [0.3, 0.4) is 0 Å². The molecular weight excluding hydrogens is 400 g/mol. The molecule has 1 N–H and O–H groups in total. The van der Waals surface area contributed by atoms with Crippen LogP contribution in [0.2, 0.25) is 5.02 Å². The molecule has 0 saturated carbocycles. The summed E-state index contributed by atoms with van der Waals surface area (Å²) in [4.78, 5) is 15.9. The quantitative estimate of drug-likeness (QED) is 0.463. The lowest BCUT2D eigenvalue weighted by atomic mass is 10.1. The second-order valence-electron chi connectivity index (χ2n) is 6.89. The summed E-state index contributed by atoms with van der Waals surface area (Å²) >= 11 is 6.06. The highest BCUT2D eigenvalue weighted by Crippen LogP contribution is 2.35. The smallest absolute Gasteiger partial charge is 0.228 e. The second kappa shape index (κ2) is 9.34. The summed E-state index contributed by atoms with van der Waals surface area (Å²) in [5, 5.41) is 3.35. The maximum Gasteiger partial charge on any atom is 0.228 e. The largest absolute Gasteiger partial charge is 0.493 e. The Hall–Kier alpha value is -3.49. The fraction of sp³-hybridized carbons (Fsp3) is 0.167. The summed E-state index contributed by atoms with van der Waals surface area (Å²) in [5.41, 5.74) is 4.09. The summed E-state index contributed by atoms with van der Waals surface area (Å²) in [7, 11) is 1.54. The highest BCUT2D eigenvalue weighted by atomic mass is 35.5. The van der Waals surface area contributed by atoms with E-state index in [2.05, 4.69) is 10.2 Å². The molecule has 0 radical (unpaired) electrons. The lowest BCUT2D eigenvalue weighted by Gasteiger charge is -2.13. The van der Waals surface area contributed by atoms with Crippen LogP contribution in [0.25, 0.3) is 4.85 Å². The molecule has 3 aromatic rings. The van der Waals surface area contributed by atoms with Crippen molar-refractivity contribution in [2.24, 2.45) is 0 Å². The number of anilines is 1. The first-order valence-corrected chi connectivity index (χ1v) is 9.65. The zero-order valence-electron chi connectivity index (χ0n) is 17.0. The van der Waals surface area contributed by atoms with Gasteiger partial charge < -0.3 is 14.8 Å². The Morgan fingerprint density at radius 2 is 1.87 bits per heavy atom. The lowest BCUT2D eigenvalue weighted by Crippen LogP contribution is -2.15. The van der Waals surface area contributed by atoms with Gasteiger partial charge in [0, 0.05) is 10.7 Å². The molecule has 6 heteroatoms. The van der Waals surface area contributed by atoms with Crippen LogP contribution < -0.4 is 14.8 Å². The van der Waals surface area contributed by atoms with Gasteiger partial charge in [-0.2, -0.15) is 0 Å². The normalized spacial score (nSPS) is 10.2. The summed E-state index contributed by atoms with van der Waals surface area (Å²) in [6, 6.07) is 16.0. The van der Waals surface area contributed by atoms with Crippen molar-refractivity contribution in [3.8, 4) is 17.2 Å².